The number of benzene rings is 1. The van der Waals surface area contributed by atoms with E-state index in [2.05, 4.69) is 36.5 Å². The maximum Gasteiger partial charge on any atom is 0.240 e. The van der Waals surface area contributed by atoms with Gasteiger partial charge in [0, 0.05) is 6.04 Å². The van der Waals surface area contributed by atoms with Crippen molar-refractivity contribution in [1.82, 2.24) is 5.32 Å². The minimum atomic E-state index is -0.644. The normalized spacial score (nSPS) is 32.3. The van der Waals surface area contributed by atoms with Crippen LogP contribution in [0, 0.1) is 5.92 Å². The van der Waals surface area contributed by atoms with E-state index >= 15 is 0 Å². The Hall–Kier alpha value is -1.35. The van der Waals surface area contributed by atoms with Crippen molar-refractivity contribution in [3.8, 4) is 0 Å². The number of amides is 1. The number of hydrogen-bond donors (Lipinski definition) is 2. The maximum atomic E-state index is 12.6. The molecule has 0 saturated heterocycles. The molecular formula is C18H26N2O. The quantitative estimate of drug-likeness (QED) is 0.878. The molecule has 0 aromatic heterocycles. The van der Waals surface area contributed by atoms with Crippen LogP contribution in [0.15, 0.2) is 24.3 Å². The fourth-order valence-electron chi connectivity index (χ4n) is 3.95. The topological polar surface area (TPSA) is 55.1 Å². The number of nitrogens with one attached hydrogen (secondary N) is 1. The molecule has 1 fully saturated rings. The summed E-state index contributed by atoms with van der Waals surface area (Å²) in [5, 5.41) is 3.23. The number of carbonyl (C=O) groups excluding carboxylic acids is 1. The Kier molecular flexibility index (Phi) is 4.03. The van der Waals surface area contributed by atoms with Gasteiger partial charge in [0.25, 0.3) is 0 Å². The average Bonchev–Trinajstić information content (AvgIpc) is 2.47. The highest BCUT2D eigenvalue weighted by molar-refractivity contribution is 5.86. The van der Waals surface area contributed by atoms with Gasteiger partial charge in [-0.2, -0.15) is 0 Å². The first-order valence-corrected chi connectivity index (χ1v) is 8.23. The van der Waals surface area contributed by atoms with Gasteiger partial charge in [-0.1, -0.05) is 44.0 Å². The molecule has 1 aromatic carbocycles. The Labute approximate surface area is 127 Å². The standard InChI is InChI=1S/C18H26N2O/c1-13-5-4-10-18(19,12-13)17(21)20-16-9-8-14-6-2-3-7-15(14)11-16/h2-3,6-7,13,16H,4-5,8-12,19H2,1H3,(H,20,21). The average molecular weight is 286 g/mol. The summed E-state index contributed by atoms with van der Waals surface area (Å²) >= 11 is 0. The van der Waals surface area contributed by atoms with Crippen LogP contribution >= 0.6 is 0 Å². The lowest BCUT2D eigenvalue weighted by atomic mass is 9.76. The molecule has 114 valence electrons. The van der Waals surface area contributed by atoms with E-state index in [4.69, 9.17) is 5.73 Å². The Morgan fingerprint density at radius 2 is 2.05 bits per heavy atom. The molecule has 3 N–H and O–H groups in total. The minimum absolute atomic E-state index is 0.0680. The fraction of sp³-hybridized carbons (Fsp3) is 0.611. The van der Waals surface area contributed by atoms with E-state index in [-0.39, 0.29) is 11.9 Å². The van der Waals surface area contributed by atoms with E-state index in [0.717, 1.165) is 38.5 Å². The Morgan fingerprint density at radius 1 is 1.29 bits per heavy atom. The van der Waals surface area contributed by atoms with Gasteiger partial charge in [0.2, 0.25) is 5.91 Å². The number of carbonyl (C=O) groups is 1. The van der Waals surface area contributed by atoms with Crippen LogP contribution in [0.4, 0.5) is 0 Å². The predicted octanol–water partition coefficient (Wildman–Crippen LogP) is 2.57. The fourth-order valence-corrected chi connectivity index (χ4v) is 3.95. The second-order valence-electron chi connectivity index (χ2n) is 7.04. The second-order valence-corrected chi connectivity index (χ2v) is 7.04. The van der Waals surface area contributed by atoms with Gasteiger partial charge in [0.05, 0.1) is 5.54 Å². The van der Waals surface area contributed by atoms with Gasteiger partial charge in [-0.05, 0) is 49.1 Å². The smallest absolute Gasteiger partial charge is 0.240 e. The molecule has 0 heterocycles. The summed E-state index contributed by atoms with van der Waals surface area (Å²) in [5.41, 5.74) is 8.55. The number of rotatable bonds is 2. The molecule has 0 bridgehead atoms. The summed E-state index contributed by atoms with van der Waals surface area (Å²) in [4.78, 5) is 12.6. The SMILES string of the molecule is CC1CCCC(N)(C(=O)NC2CCc3ccccc3C2)C1. The third-order valence-electron chi connectivity index (χ3n) is 5.17. The molecule has 1 saturated carbocycles. The van der Waals surface area contributed by atoms with Crippen molar-refractivity contribution in [2.75, 3.05) is 0 Å². The van der Waals surface area contributed by atoms with E-state index in [1.54, 1.807) is 0 Å². The molecule has 0 spiro atoms. The number of hydrogen-bond acceptors (Lipinski definition) is 2. The van der Waals surface area contributed by atoms with Crippen molar-refractivity contribution in [3.63, 3.8) is 0 Å². The van der Waals surface area contributed by atoms with Crippen molar-refractivity contribution in [3.05, 3.63) is 35.4 Å². The summed E-state index contributed by atoms with van der Waals surface area (Å²) in [5.74, 6) is 0.625. The first-order chi connectivity index (χ1) is 10.1. The first kappa shape index (κ1) is 14.6. The largest absolute Gasteiger partial charge is 0.351 e. The third-order valence-corrected chi connectivity index (χ3v) is 5.17. The number of nitrogens with two attached hydrogens (primary N) is 1. The summed E-state index contributed by atoms with van der Waals surface area (Å²) in [6.45, 7) is 2.20. The van der Waals surface area contributed by atoms with Gasteiger partial charge in [-0.25, -0.2) is 0 Å². The van der Waals surface area contributed by atoms with E-state index in [1.807, 2.05) is 0 Å². The zero-order chi connectivity index (χ0) is 14.9. The highest BCUT2D eigenvalue weighted by Crippen LogP contribution is 2.31. The molecule has 1 aromatic rings. The van der Waals surface area contributed by atoms with Gasteiger partial charge in [0.1, 0.15) is 0 Å². The summed E-state index contributed by atoms with van der Waals surface area (Å²) in [6.07, 6.45) is 6.92. The molecule has 1 amide bonds. The zero-order valence-electron chi connectivity index (χ0n) is 12.9. The van der Waals surface area contributed by atoms with Gasteiger partial charge in [-0.15, -0.1) is 0 Å². The highest BCUT2D eigenvalue weighted by atomic mass is 16.2. The van der Waals surface area contributed by atoms with Gasteiger partial charge < -0.3 is 11.1 Å². The monoisotopic (exact) mass is 286 g/mol. The predicted molar refractivity (Wildman–Crippen MR) is 84.9 cm³/mol. The summed E-state index contributed by atoms with van der Waals surface area (Å²) in [7, 11) is 0. The highest BCUT2D eigenvalue weighted by Gasteiger charge is 2.38. The van der Waals surface area contributed by atoms with Crippen LogP contribution in [-0.4, -0.2) is 17.5 Å². The lowest BCUT2D eigenvalue weighted by molar-refractivity contribution is -0.128. The molecule has 3 atom stereocenters. The Bertz CT molecular complexity index is 528. The summed E-state index contributed by atoms with van der Waals surface area (Å²) in [6, 6.07) is 8.78. The minimum Gasteiger partial charge on any atom is -0.351 e. The molecular weight excluding hydrogens is 260 g/mol. The second kappa shape index (κ2) is 5.80. The molecule has 0 aliphatic heterocycles. The van der Waals surface area contributed by atoms with E-state index in [9.17, 15) is 4.79 Å². The molecule has 3 unspecified atom stereocenters. The summed E-state index contributed by atoms with van der Waals surface area (Å²) < 4.78 is 0. The Morgan fingerprint density at radius 3 is 2.81 bits per heavy atom. The lowest BCUT2D eigenvalue weighted by Gasteiger charge is -2.37. The van der Waals surface area contributed by atoms with Gasteiger partial charge >= 0.3 is 0 Å². The number of fused-ring (bicyclic) bond motifs is 1. The van der Waals surface area contributed by atoms with Crippen LogP contribution in [0.3, 0.4) is 0 Å². The molecule has 0 radical (unpaired) electrons. The van der Waals surface area contributed by atoms with E-state index < -0.39 is 5.54 Å². The van der Waals surface area contributed by atoms with Crippen LogP contribution in [0.25, 0.3) is 0 Å². The van der Waals surface area contributed by atoms with Crippen LogP contribution in [-0.2, 0) is 17.6 Å². The number of aryl methyl sites for hydroxylation is 1. The molecule has 2 aliphatic rings. The molecule has 21 heavy (non-hydrogen) atoms. The Balaban J connectivity index is 1.63. The molecule has 3 rings (SSSR count). The zero-order valence-corrected chi connectivity index (χ0v) is 12.9. The maximum absolute atomic E-state index is 12.6. The van der Waals surface area contributed by atoms with Crippen LogP contribution < -0.4 is 11.1 Å². The molecule has 3 heteroatoms. The van der Waals surface area contributed by atoms with E-state index in [0.29, 0.717) is 5.92 Å². The van der Waals surface area contributed by atoms with Gasteiger partial charge in [-0.3, -0.25) is 4.79 Å². The van der Waals surface area contributed by atoms with E-state index in [1.165, 1.54) is 17.5 Å². The van der Waals surface area contributed by atoms with Crippen LogP contribution in [0.5, 0.6) is 0 Å². The third kappa shape index (κ3) is 3.13. The van der Waals surface area contributed by atoms with Crippen molar-refractivity contribution in [1.29, 1.82) is 0 Å². The van der Waals surface area contributed by atoms with Gasteiger partial charge in [0.15, 0.2) is 0 Å². The van der Waals surface area contributed by atoms with Crippen LogP contribution in [0.1, 0.15) is 50.2 Å². The van der Waals surface area contributed by atoms with Crippen molar-refractivity contribution in [2.45, 2.75) is 63.5 Å². The van der Waals surface area contributed by atoms with Crippen molar-refractivity contribution < 1.29 is 4.79 Å². The molecule has 3 nitrogen and oxygen atoms in total. The van der Waals surface area contributed by atoms with Crippen molar-refractivity contribution in [2.24, 2.45) is 11.7 Å². The van der Waals surface area contributed by atoms with Crippen LogP contribution in [0.2, 0.25) is 0 Å². The first-order valence-electron chi connectivity index (χ1n) is 8.23. The molecule has 2 aliphatic carbocycles. The van der Waals surface area contributed by atoms with Crippen molar-refractivity contribution >= 4 is 5.91 Å². The lowest BCUT2D eigenvalue weighted by Crippen LogP contribution is -2.58.